The summed E-state index contributed by atoms with van der Waals surface area (Å²) in [6.45, 7) is 14.5. The van der Waals surface area contributed by atoms with E-state index in [0.29, 0.717) is 6.54 Å². The lowest BCUT2D eigenvalue weighted by molar-refractivity contribution is 0.00578. The van der Waals surface area contributed by atoms with E-state index in [4.69, 9.17) is 9.31 Å². The standard InChI is InChI=1S/C15H26BNO4/c1-13(2,3)11-10(8-9-17(11)12(18)19)16-20-14(4,5)15(6,7)21-16/h8,11H,9H2,1-7H3,(H,18,19). The first-order valence-electron chi connectivity index (χ1n) is 7.42. The highest BCUT2D eigenvalue weighted by Crippen LogP contribution is 2.43. The van der Waals surface area contributed by atoms with Crippen molar-refractivity contribution in [1.82, 2.24) is 4.90 Å². The molecule has 6 heteroatoms. The Morgan fingerprint density at radius 3 is 2.14 bits per heavy atom. The maximum absolute atomic E-state index is 11.5. The molecule has 0 aromatic carbocycles. The van der Waals surface area contributed by atoms with Crippen molar-refractivity contribution < 1.29 is 19.2 Å². The summed E-state index contributed by atoms with van der Waals surface area (Å²) in [5, 5.41) is 9.42. The molecule has 0 bridgehead atoms. The predicted octanol–water partition coefficient (Wildman–Crippen LogP) is 2.95. The zero-order valence-electron chi connectivity index (χ0n) is 14.1. The lowest BCUT2D eigenvalue weighted by Gasteiger charge is -2.36. The van der Waals surface area contributed by atoms with Crippen LogP contribution < -0.4 is 0 Å². The van der Waals surface area contributed by atoms with Crippen molar-refractivity contribution in [2.24, 2.45) is 5.41 Å². The number of carboxylic acid groups (broad SMARTS) is 1. The molecule has 0 radical (unpaired) electrons. The molecule has 2 rings (SSSR count). The number of carbonyl (C=O) groups is 1. The second-order valence-electron chi connectivity index (χ2n) is 8.00. The van der Waals surface area contributed by atoms with Gasteiger partial charge in [0.1, 0.15) is 0 Å². The Morgan fingerprint density at radius 2 is 1.76 bits per heavy atom. The second-order valence-corrected chi connectivity index (χ2v) is 8.00. The van der Waals surface area contributed by atoms with Crippen LogP contribution in [0, 0.1) is 5.41 Å². The molecule has 0 aromatic heterocycles. The highest BCUT2D eigenvalue weighted by Gasteiger charge is 2.56. The van der Waals surface area contributed by atoms with Gasteiger partial charge in [0.2, 0.25) is 0 Å². The van der Waals surface area contributed by atoms with Crippen molar-refractivity contribution in [1.29, 1.82) is 0 Å². The third-order valence-electron chi connectivity index (χ3n) is 4.74. The first kappa shape index (κ1) is 16.4. The van der Waals surface area contributed by atoms with Crippen molar-refractivity contribution in [3.05, 3.63) is 11.5 Å². The molecular formula is C15H26BNO4. The predicted molar refractivity (Wildman–Crippen MR) is 82.1 cm³/mol. The quantitative estimate of drug-likeness (QED) is 0.756. The molecule has 1 amide bonds. The Hall–Kier alpha value is -1.01. The normalized spacial score (nSPS) is 28.0. The van der Waals surface area contributed by atoms with Crippen molar-refractivity contribution in [3.8, 4) is 0 Å². The molecule has 1 saturated heterocycles. The average molecular weight is 295 g/mol. The van der Waals surface area contributed by atoms with Crippen LogP contribution in [0.5, 0.6) is 0 Å². The Kier molecular flexibility index (Phi) is 3.70. The van der Waals surface area contributed by atoms with E-state index in [9.17, 15) is 9.90 Å². The monoisotopic (exact) mass is 295 g/mol. The van der Waals surface area contributed by atoms with Gasteiger partial charge in [-0.15, -0.1) is 0 Å². The molecule has 0 aliphatic carbocycles. The zero-order chi connectivity index (χ0) is 16.2. The van der Waals surface area contributed by atoms with Gasteiger partial charge in [-0.05, 0) is 38.6 Å². The summed E-state index contributed by atoms with van der Waals surface area (Å²) in [5.74, 6) is 0. The smallest absolute Gasteiger partial charge is 0.465 e. The van der Waals surface area contributed by atoms with E-state index >= 15 is 0 Å². The third kappa shape index (κ3) is 2.71. The second kappa shape index (κ2) is 4.75. The van der Waals surface area contributed by atoms with Crippen LogP contribution in [0.2, 0.25) is 0 Å². The first-order valence-corrected chi connectivity index (χ1v) is 7.42. The molecule has 0 aromatic rings. The van der Waals surface area contributed by atoms with E-state index in [1.165, 1.54) is 4.90 Å². The molecule has 0 saturated carbocycles. The van der Waals surface area contributed by atoms with Crippen molar-refractivity contribution >= 4 is 13.2 Å². The fraction of sp³-hybridized carbons (Fsp3) is 0.800. The summed E-state index contributed by atoms with van der Waals surface area (Å²) in [7, 11) is -0.483. The maximum Gasteiger partial charge on any atom is 0.492 e. The van der Waals surface area contributed by atoms with Crippen LogP contribution in [0.15, 0.2) is 11.5 Å². The summed E-state index contributed by atoms with van der Waals surface area (Å²) in [4.78, 5) is 12.9. The fourth-order valence-corrected chi connectivity index (χ4v) is 2.96. The lowest BCUT2D eigenvalue weighted by Crippen LogP contribution is -2.47. The lowest BCUT2D eigenvalue weighted by atomic mass is 9.67. The van der Waals surface area contributed by atoms with Gasteiger partial charge in [-0.1, -0.05) is 26.8 Å². The van der Waals surface area contributed by atoms with Crippen LogP contribution in [0.4, 0.5) is 4.79 Å². The van der Waals surface area contributed by atoms with E-state index < -0.39 is 24.4 Å². The zero-order valence-corrected chi connectivity index (χ0v) is 14.1. The summed E-state index contributed by atoms with van der Waals surface area (Å²) < 4.78 is 12.2. The van der Waals surface area contributed by atoms with E-state index in [0.717, 1.165) is 5.47 Å². The molecule has 1 unspecified atom stereocenters. The number of amides is 1. The Morgan fingerprint density at radius 1 is 1.29 bits per heavy atom. The van der Waals surface area contributed by atoms with Gasteiger partial charge < -0.3 is 14.4 Å². The van der Waals surface area contributed by atoms with Crippen LogP contribution in [0.3, 0.4) is 0 Å². The van der Waals surface area contributed by atoms with E-state index in [2.05, 4.69) is 0 Å². The molecule has 118 valence electrons. The van der Waals surface area contributed by atoms with Crippen LogP contribution in [-0.2, 0) is 9.31 Å². The van der Waals surface area contributed by atoms with Gasteiger partial charge in [-0.3, -0.25) is 4.90 Å². The van der Waals surface area contributed by atoms with Crippen LogP contribution >= 0.6 is 0 Å². The van der Waals surface area contributed by atoms with Gasteiger partial charge in [0.05, 0.1) is 17.2 Å². The number of hydrogen-bond acceptors (Lipinski definition) is 3. The Bertz CT molecular complexity index is 463. The first-order chi connectivity index (χ1) is 9.37. The molecule has 1 atom stereocenters. The number of nitrogens with zero attached hydrogens (tertiary/aromatic N) is 1. The van der Waals surface area contributed by atoms with Gasteiger partial charge in [0.15, 0.2) is 0 Å². The average Bonchev–Trinajstić information content (AvgIpc) is 2.77. The minimum absolute atomic E-state index is 0.218. The molecule has 2 heterocycles. The fourth-order valence-electron chi connectivity index (χ4n) is 2.96. The molecule has 1 N–H and O–H groups in total. The Balaban J connectivity index is 2.30. The number of hydrogen-bond donors (Lipinski definition) is 1. The van der Waals surface area contributed by atoms with E-state index in [1.54, 1.807) is 0 Å². The van der Waals surface area contributed by atoms with E-state index in [-0.39, 0.29) is 11.5 Å². The molecule has 5 nitrogen and oxygen atoms in total. The number of rotatable bonds is 1. The molecular weight excluding hydrogens is 269 g/mol. The van der Waals surface area contributed by atoms with Gasteiger partial charge in [-0.25, -0.2) is 4.79 Å². The summed E-state index contributed by atoms with van der Waals surface area (Å²) in [6.07, 6.45) is 1.03. The van der Waals surface area contributed by atoms with Crippen LogP contribution in [0.1, 0.15) is 48.5 Å². The molecule has 21 heavy (non-hydrogen) atoms. The minimum atomic E-state index is -0.905. The minimum Gasteiger partial charge on any atom is -0.465 e. The Labute approximate surface area is 127 Å². The van der Waals surface area contributed by atoms with Crippen molar-refractivity contribution in [2.75, 3.05) is 6.54 Å². The summed E-state index contributed by atoms with van der Waals surface area (Å²) in [5.41, 5.74) is -0.136. The van der Waals surface area contributed by atoms with Gasteiger partial charge in [0.25, 0.3) is 0 Å². The van der Waals surface area contributed by atoms with E-state index in [1.807, 2.05) is 54.5 Å². The van der Waals surface area contributed by atoms with Crippen LogP contribution in [0.25, 0.3) is 0 Å². The maximum atomic E-state index is 11.5. The summed E-state index contributed by atoms with van der Waals surface area (Å²) in [6, 6.07) is -0.232. The molecule has 2 aliphatic rings. The van der Waals surface area contributed by atoms with Gasteiger partial charge >= 0.3 is 13.2 Å². The van der Waals surface area contributed by atoms with Gasteiger partial charge in [0, 0.05) is 6.54 Å². The SMILES string of the molecule is CC(C)(C)C1C(B2OC(C)(C)C(C)(C)O2)=CCN1C(=O)O. The van der Waals surface area contributed by atoms with Crippen LogP contribution in [-0.4, -0.2) is 47.0 Å². The third-order valence-corrected chi connectivity index (χ3v) is 4.74. The molecule has 1 fully saturated rings. The molecule has 0 spiro atoms. The highest BCUT2D eigenvalue weighted by atomic mass is 16.7. The highest BCUT2D eigenvalue weighted by molar-refractivity contribution is 6.55. The largest absolute Gasteiger partial charge is 0.492 e. The van der Waals surface area contributed by atoms with Crippen molar-refractivity contribution in [2.45, 2.75) is 65.7 Å². The van der Waals surface area contributed by atoms with Crippen molar-refractivity contribution in [3.63, 3.8) is 0 Å². The molecule has 2 aliphatic heterocycles. The van der Waals surface area contributed by atoms with Gasteiger partial charge in [-0.2, -0.15) is 0 Å². The summed E-state index contributed by atoms with van der Waals surface area (Å²) >= 11 is 0. The topological polar surface area (TPSA) is 59.0 Å².